The molecule has 4 N–H and O–H groups in total. The average Bonchev–Trinajstić information content (AvgIpc) is 3.06. The molecule has 144 valence electrons. The molecule has 11 heteroatoms. The first kappa shape index (κ1) is 19.0. The van der Waals surface area contributed by atoms with Crippen molar-refractivity contribution in [2.45, 2.75) is 11.8 Å². The number of fused-ring (bicyclic) bond motifs is 1. The normalized spacial score (nSPS) is 12.1. The van der Waals surface area contributed by atoms with E-state index >= 15 is 0 Å². The predicted octanol–water partition coefficient (Wildman–Crippen LogP) is 1.78. The summed E-state index contributed by atoms with van der Waals surface area (Å²) in [6.07, 6.45) is 1.35. The van der Waals surface area contributed by atoms with Gasteiger partial charge < -0.3 is 11.5 Å². The molecule has 0 aliphatic rings. The van der Waals surface area contributed by atoms with Gasteiger partial charge in [-0.3, -0.25) is 10.1 Å². The highest BCUT2D eigenvalue weighted by Gasteiger charge is 2.29. The van der Waals surface area contributed by atoms with Gasteiger partial charge in [-0.25, -0.2) is 12.4 Å². The Morgan fingerprint density at radius 2 is 1.71 bits per heavy atom. The molecule has 0 saturated carbocycles. The molecule has 0 bridgehead atoms. The largest absolute Gasteiger partial charge is 0.369 e. The first-order chi connectivity index (χ1) is 13.2. The second-order valence-electron chi connectivity index (χ2n) is 5.80. The summed E-state index contributed by atoms with van der Waals surface area (Å²) < 4.78 is 27.4. The summed E-state index contributed by atoms with van der Waals surface area (Å²) in [6, 6.07) is 11.9. The molecule has 2 aromatic carbocycles. The molecular weight excluding hydrogens is 384 g/mol. The molecule has 0 saturated heterocycles. The summed E-state index contributed by atoms with van der Waals surface area (Å²) in [5.74, 6) is -0.240. The van der Waals surface area contributed by atoms with Crippen molar-refractivity contribution in [1.29, 1.82) is 0 Å². The molecule has 0 atom stereocenters. The van der Waals surface area contributed by atoms with Crippen LogP contribution >= 0.6 is 0 Å². The summed E-state index contributed by atoms with van der Waals surface area (Å²) >= 11 is 0. The second kappa shape index (κ2) is 7.12. The van der Waals surface area contributed by atoms with E-state index in [2.05, 4.69) is 10.2 Å². The Balaban J connectivity index is 2.29. The number of aromatic nitrogens is 1. The van der Waals surface area contributed by atoms with Crippen LogP contribution in [0.2, 0.25) is 0 Å². The van der Waals surface area contributed by atoms with Crippen LogP contribution in [0.25, 0.3) is 10.9 Å². The quantitative estimate of drug-likeness (QED) is 0.287. The second-order valence-corrected chi connectivity index (χ2v) is 7.58. The molecule has 28 heavy (non-hydrogen) atoms. The van der Waals surface area contributed by atoms with Crippen molar-refractivity contribution in [1.82, 2.24) is 3.97 Å². The number of para-hydroxylation sites is 2. The number of rotatable bonds is 5. The first-order valence-electron chi connectivity index (χ1n) is 7.96. The lowest BCUT2D eigenvalue weighted by atomic mass is 10.1. The molecule has 0 radical (unpaired) electrons. The molecule has 1 aromatic heterocycles. The molecular formula is C17H16N6O4S. The Bertz CT molecular complexity index is 1240. The van der Waals surface area contributed by atoms with Gasteiger partial charge in [-0.05, 0) is 19.1 Å². The van der Waals surface area contributed by atoms with E-state index in [1.165, 1.54) is 24.4 Å². The van der Waals surface area contributed by atoms with Gasteiger partial charge in [0.15, 0.2) is 4.90 Å². The zero-order valence-electron chi connectivity index (χ0n) is 14.7. The molecule has 0 aliphatic heterocycles. The van der Waals surface area contributed by atoms with E-state index in [9.17, 15) is 18.5 Å². The third-order valence-corrected chi connectivity index (χ3v) is 5.70. The minimum absolute atomic E-state index is 0.240. The van der Waals surface area contributed by atoms with E-state index in [0.717, 1.165) is 10.0 Å². The zero-order valence-corrected chi connectivity index (χ0v) is 15.5. The van der Waals surface area contributed by atoms with Crippen LogP contribution in [0.15, 0.2) is 69.8 Å². The highest BCUT2D eigenvalue weighted by Crippen LogP contribution is 2.30. The molecule has 0 unspecified atom stereocenters. The van der Waals surface area contributed by atoms with Crippen LogP contribution in [-0.4, -0.2) is 29.0 Å². The van der Waals surface area contributed by atoms with Crippen LogP contribution in [0.4, 0.5) is 5.69 Å². The minimum atomic E-state index is -4.25. The molecule has 10 nitrogen and oxygen atoms in total. The Morgan fingerprint density at radius 3 is 2.39 bits per heavy atom. The summed E-state index contributed by atoms with van der Waals surface area (Å²) in [4.78, 5) is 10.2. The van der Waals surface area contributed by atoms with E-state index in [0.29, 0.717) is 22.2 Å². The lowest BCUT2D eigenvalue weighted by Gasteiger charge is -2.07. The van der Waals surface area contributed by atoms with Crippen LogP contribution in [0, 0.1) is 10.1 Å². The van der Waals surface area contributed by atoms with E-state index in [1.807, 2.05) is 0 Å². The van der Waals surface area contributed by atoms with Gasteiger partial charge in [0.05, 0.1) is 16.2 Å². The SMILES string of the molecule is CC(=NN=C(N)N)c1cn(S(=O)(=O)c2ccccc2[N+](=O)[O-])c2ccccc12. The van der Waals surface area contributed by atoms with Crippen LogP contribution in [0.1, 0.15) is 12.5 Å². The van der Waals surface area contributed by atoms with Crippen molar-refractivity contribution >= 4 is 38.3 Å². The van der Waals surface area contributed by atoms with E-state index in [1.54, 1.807) is 31.2 Å². The van der Waals surface area contributed by atoms with E-state index < -0.39 is 25.5 Å². The summed E-state index contributed by atoms with van der Waals surface area (Å²) in [7, 11) is -4.25. The number of hydrogen-bond acceptors (Lipinski definition) is 6. The smallest absolute Gasteiger partial charge is 0.289 e. The third-order valence-electron chi connectivity index (χ3n) is 3.98. The standard InChI is InChI=1S/C17H16N6O4S/c1-11(20-21-17(18)19)13-10-22(14-7-3-2-6-12(13)14)28(26,27)16-9-5-4-8-15(16)23(24)25/h2-10H,1H3,(H4,18,19,21). The fourth-order valence-electron chi connectivity index (χ4n) is 2.76. The highest BCUT2D eigenvalue weighted by atomic mass is 32.2. The number of hydrogen-bond donors (Lipinski definition) is 2. The van der Waals surface area contributed by atoms with Crippen LogP contribution < -0.4 is 11.5 Å². The predicted molar refractivity (Wildman–Crippen MR) is 106 cm³/mol. The molecule has 0 aliphatic carbocycles. The van der Waals surface area contributed by atoms with Crippen molar-refractivity contribution in [2.75, 3.05) is 0 Å². The number of benzene rings is 2. The molecule has 3 rings (SSSR count). The number of nitro benzene ring substituents is 1. The Kier molecular flexibility index (Phi) is 4.84. The maximum Gasteiger partial charge on any atom is 0.289 e. The lowest BCUT2D eigenvalue weighted by Crippen LogP contribution is -2.22. The molecule has 3 aromatic rings. The van der Waals surface area contributed by atoms with Gasteiger partial charge in [-0.15, -0.1) is 5.10 Å². The van der Waals surface area contributed by atoms with Crippen LogP contribution in [0.5, 0.6) is 0 Å². The summed E-state index contributed by atoms with van der Waals surface area (Å²) in [5.41, 5.74) is 11.3. The summed E-state index contributed by atoms with van der Waals surface area (Å²) in [5, 5.41) is 19.4. The zero-order chi connectivity index (χ0) is 20.5. The maximum absolute atomic E-state index is 13.2. The Labute approximate surface area is 160 Å². The first-order valence-corrected chi connectivity index (χ1v) is 9.40. The molecule has 0 spiro atoms. The fourth-order valence-corrected chi connectivity index (χ4v) is 4.29. The molecule has 0 fully saturated rings. The monoisotopic (exact) mass is 400 g/mol. The number of guanidine groups is 1. The van der Waals surface area contributed by atoms with E-state index in [4.69, 9.17) is 11.5 Å². The summed E-state index contributed by atoms with van der Waals surface area (Å²) in [6.45, 7) is 1.62. The number of nitro groups is 1. The van der Waals surface area contributed by atoms with E-state index in [-0.39, 0.29) is 5.96 Å². The van der Waals surface area contributed by atoms with Gasteiger partial charge in [0, 0.05) is 23.2 Å². The Morgan fingerprint density at radius 1 is 1.07 bits per heavy atom. The number of nitrogens with two attached hydrogens (primary N) is 2. The highest BCUT2D eigenvalue weighted by molar-refractivity contribution is 7.90. The van der Waals surface area contributed by atoms with Crippen molar-refractivity contribution in [3.05, 3.63) is 70.4 Å². The van der Waals surface area contributed by atoms with Gasteiger partial charge in [-0.1, -0.05) is 30.3 Å². The van der Waals surface area contributed by atoms with Gasteiger partial charge in [0.1, 0.15) is 0 Å². The van der Waals surface area contributed by atoms with Crippen LogP contribution in [0.3, 0.4) is 0 Å². The number of nitrogens with zero attached hydrogens (tertiary/aromatic N) is 4. The van der Waals surface area contributed by atoms with Crippen molar-refractivity contribution in [3.8, 4) is 0 Å². The fraction of sp³-hybridized carbons (Fsp3) is 0.0588. The minimum Gasteiger partial charge on any atom is -0.369 e. The van der Waals surface area contributed by atoms with Crippen LogP contribution in [-0.2, 0) is 10.0 Å². The van der Waals surface area contributed by atoms with Gasteiger partial charge >= 0.3 is 0 Å². The van der Waals surface area contributed by atoms with Crippen molar-refractivity contribution in [2.24, 2.45) is 21.7 Å². The molecule has 1 heterocycles. The third kappa shape index (κ3) is 3.30. The molecule has 0 amide bonds. The lowest BCUT2D eigenvalue weighted by molar-refractivity contribution is -0.387. The van der Waals surface area contributed by atoms with Gasteiger partial charge in [0.2, 0.25) is 5.96 Å². The van der Waals surface area contributed by atoms with Gasteiger partial charge in [-0.2, -0.15) is 5.10 Å². The van der Waals surface area contributed by atoms with Crippen molar-refractivity contribution in [3.63, 3.8) is 0 Å². The Hall–Kier alpha value is -3.73. The topological polar surface area (TPSA) is 159 Å². The van der Waals surface area contributed by atoms with Gasteiger partial charge in [0.25, 0.3) is 15.7 Å². The average molecular weight is 400 g/mol. The maximum atomic E-state index is 13.2. The van der Waals surface area contributed by atoms with Crippen molar-refractivity contribution < 1.29 is 13.3 Å².